The minimum absolute atomic E-state index is 0. The van der Waals surface area contributed by atoms with Gasteiger partial charge in [-0.3, -0.25) is 4.79 Å². The predicted octanol–water partition coefficient (Wildman–Crippen LogP) is -1.07. The van der Waals surface area contributed by atoms with Gasteiger partial charge in [0, 0.05) is 18.8 Å². The number of rotatable bonds is 3. The van der Waals surface area contributed by atoms with Gasteiger partial charge in [0.05, 0.1) is 0 Å². The molecule has 0 aromatic carbocycles. The summed E-state index contributed by atoms with van der Waals surface area (Å²) in [6, 6.07) is 1.76. The summed E-state index contributed by atoms with van der Waals surface area (Å²) < 4.78 is 49.6. The van der Waals surface area contributed by atoms with Crippen molar-refractivity contribution >= 4 is 6.98 Å². The molecule has 1 aromatic heterocycles. The second-order valence-corrected chi connectivity index (χ2v) is 3.05. The van der Waals surface area contributed by atoms with Gasteiger partial charge in [-0.25, -0.2) is 4.39 Å². The fourth-order valence-electron chi connectivity index (χ4n) is 0.948. The Morgan fingerprint density at radius 1 is 1.38 bits per heavy atom. The third-order valence-electron chi connectivity index (χ3n) is 1.78. The molecule has 1 heterocycles. The third kappa shape index (κ3) is 4.54. The number of hydrogen-bond acceptors (Lipinski definition) is 1. The summed E-state index contributed by atoms with van der Waals surface area (Å²) in [4.78, 5) is 11.0. The Labute approximate surface area is 132 Å². The molecule has 8 heteroatoms. The minimum Gasteiger partial charge on any atom is -0.445 e. The van der Waals surface area contributed by atoms with Gasteiger partial charge in [0.25, 0.3) is 5.56 Å². The van der Waals surface area contributed by atoms with Crippen LogP contribution in [-0.2, 0) is 6.54 Å². The molecule has 0 spiro atoms. The van der Waals surface area contributed by atoms with E-state index in [4.69, 9.17) is 0 Å². The van der Waals surface area contributed by atoms with Gasteiger partial charge in [-0.2, -0.15) is 0 Å². The quantitative estimate of drug-likeness (QED) is 0.500. The molecular formula is C8H7BF4KNO. The molecule has 0 unspecified atom stereocenters. The monoisotopic (exact) mass is 259 g/mol. The van der Waals surface area contributed by atoms with Crippen LogP contribution in [0.2, 0.25) is 0 Å². The van der Waals surface area contributed by atoms with Crippen molar-refractivity contribution in [1.82, 2.24) is 4.57 Å². The number of hydrogen-bond donors (Lipinski definition) is 0. The fourth-order valence-corrected chi connectivity index (χ4v) is 0.948. The van der Waals surface area contributed by atoms with Gasteiger partial charge in [0.15, 0.2) is 0 Å². The molecule has 0 N–H and O–H groups in total. The average molecular weight is 259 g/mol. The van der Waals surface area contributed by atoms with Gasteiger partial charge in [0.1, 0.15) is 5.82 Å². The summed E-state index contributed by atoms with van der Waals surface area (Å²) in [5, 5.41) is 0. The number of allylic oxidation sites excluding steroid dienone is 1. The van der Waals surface area contributed by atoms with Crippen molar-refractivity contribution in [3.8, 4) is 0 Å². The number of halogens is 4. The Balaban J connectivity index is 0.00000225. The first kappa shape index (κ1) is 16.1. The molecule has 1 aromatic rings. The predicted molar refractivity (Wildman–Crippen MR) is 48.9 cm³/mol. The maximum Gasteiger partial charge on any atom is 1.00 e. The standard InChI is InChI=1S/C8H7BF4NO.K/c1-6(9(11,12)13)4-14-5-7(10)2-3-8(14)15;/h2-3,5H,1,4H2;/q-1;+1. The zero-order valence-electron chi connectivity index (χ0n) is 8.59. The van der Waals surface area contributed by atoms with Gasteiger partial charge in [-0.1, -0.05) is 0 Å². The van der Waals surface area contributed by atoms with Crippen molar-refractivity contribution in [2.24, 2.45) is 0 Å². The van der Waals surface area contributed by atoms with Crippen LogP contribution in [-0.4, -0.2) is 11.5 Å². The van der Waals surface area contributed by atoms with Gasteiger partial charge >= 0.3 is 58.4 Å². The molecule has 0 radical (unpaired) electrons. The molecule has 1 rings (SSSR count). The largest absolute Gasteiger partial charge is 1.00 e. The third-order valence-corrected chi connectivity index (χ3v) is 1.78. The zero-order valence-corrected chi connectivity index (χ0v) is 11.7. The van der Waals surface area contributed by atoms with Crippen LogP contribution in [0.5, 0.6) is 0 Å². The Morgan fingerprint density at radius 2 is 1.94 bits per heavy atom. The van der Waals surface area contributed by atoms with E-state index in [0.29, 0.717) is 4.57 Å². The van der Waals surface area contributed by atoms with Crippen molar-refractivity contribution < 1.29 is 68.7 Å². The van der Waals surface area contributed by atoms with E-state index in [1.165, 1.54) is 0 Å². The van der Waals surface area contributed by atoms with E-state index >= 15 is 0 Å². The summed E-state index contributed by atoms with van der Waals surface area (Å²) >= 11 is 0. The Kier molecular flexibility index (Phi) is 6.20. The van der Waals surface area contributed by atoms with E-state index in [-0.39, 0.29) is 51.4 Å². The van der Waals surface area contributed by atoms with Crippen LogP contribution in [0.15, 0.2) is 35.2 Å². The van der Waals surface area contributed by atoms with Crippen LogP contribution >= 0.6 is 0 Å². The van der Waals surface area contributed by atoms with E-state index in [9.17, 15) is 22.1 Å². The SMILES string of the molecule is C=C(Cn1cc(F)ccc1=O)[B-](F)(F)F.[K+]. The molecular weight excluding hydrogens is 252 g/mol. The van der Waals surface area contributed by atoms with Gasteiger partial charge in [0.2, 0.25) is 0 Å². The fraction of sp³-hybridized carbons (Fsp3) is 0.125. The Hall–Kier alpha value is 0.111. The molecule has 0 aliphatic rings. The normalized spacial score (nSPS) is 10.8. The van der Waals surface area contributed by atoms with Crippen molar-refractivity contribution in [3.05, 3.63) is 46.6 Å². The molecule has 0 bridgehead atoms. The maximum atomic E-state index is 12.6. The molecule has 0 saturated heterocycles. The average Bonchev–Trinajstić information content (AvgIpc) is 2.09. The summed E-state index contributed by atoms with van der Waals surface area (Å²) in [5.41, 5.74) is -1.74. The molecule has 0 atom stereocenters. The molecule has 16 heavy (non-hydrogen) atoms. The zero-order chi connectivity index (χ0) is 11.6. The van der Waals surface area contributed by atoms with Gasteiger partial charge < -0.3 is 17.5 Å². The first-order valence-corrected chi connectivity index (χ1v) is 4.04. The van der Waals surface area contributed by atoms with Crippen molar-refractivity contribution in [2.45, 2.75) is 6.54 Å². The van der Waals surface area contributed by atoms with Crippen molar-refractivity contribution in [3.63, 3.8) is 0 Å². The van der Waals surface area contributed by atoms with Crippen LogP contribution < -0.4 is 56.9 Å². The minimum atomic E-state index is -5.20. The van der Waals surface area contributed by atoms with Crippen LogP contribution in [0.25, 0.3) is 0 Å². The molecule has 2 nitrogen and oxygen atoms in total. The van der Waals surface area contributed by atoms with E-state index in [2.05, 4.69) is 6.58 Å². The van der Waals surface area contributed by atoms with E-state index in [1.54, 1.807) is 0 Å². The Morgan fingerprint density at radius 3 is 2.44 bits per heavy atom. The number of aromatic nitrogens is 1. The molecule has 0 fully saturated rings. The summed E-state index contributed by atoms with van der Waals surface area (Å²) in [6.07, 6.45) is 0.718. The second-order valence-electron chi connectivity index (χ2n) is 3.05. The second kappa shape index (κ2) is 6.15. The van der Waals surface area contributed by atoms with E-state index < -0.39 is 30.4 Å². The molecule has 82 valence electrons. The van der Waals surface area contributed by atoms with Gasteiger partial charge in [-0.05, 0) is 6.07 Å². The van der Waals surface area contributed by atoms with Crippen LogP contribution in [0.4, 0.5) is 17.3 Å². The van der Waals surface area contributed by atoms with Crippen LogP contribution in [0.1, 0.15) is 0 Å². The van der Waals surface area contributed by atoms with E-state index in [1.807, 2.05) is 0 Å². The molecule has 0 amide bonds. The topological polar surface area (TPSA) is 22.0 Å². The summed E-state index contributed by atoms with van der Waals surface area (Å²) in [6.45, 7) is -3.12. The first-order valence-electron chi connectivity index (χ1n) is 4.04. The van der Waals surface area contributed by atoms with Crippen LogP contribution in [0, 0.1) is 5.82 Å². The molecule has 0 saturated carbocycles. The smallest absolute Gasteiger partial charge is 0.445 e. The number of nitrogens with zero attached hydrogens (tertiary/aromatic N) is 1. The maximum absolute atomic E-state index is 12.6. The first-order chi connectivity index (χ1) is 6.80. The van der Waals surface area contributed by atoms with Crippen molar-refractivity contribution in [1.29, 1.82) is 0 Å². The molecule has 0 aliphatic carbocycles. The summed E-state index contributed by atoms with van der Waals surface area (Å²) in [7, 11) is 0. The Bertz CT molecular complexity index is 442. The van der Waals surface area contributed by atoms with E-state index in [0.717, 1.165) is 18.3 Å². The van der Waals surface area contributed by atoms with Gasteiger partial charge in [-0.15, -0.1) is 12.1 Å². The van der Waals surface area contributed by atoms with Crippen LogP contribution in [0.3, 0.4) is 0 Å². The van der Waals surface area contributed by atoms with Crippen molar-refractivity contribution in [2.75, 3.05) is 0 Å². The number of pyridine rings is 1. The summed E-state index contributed by atoms with van der Waals surface area (Å²) in [5.74, 6) is -0.767. The molecule has 0 aliphatic heterocycles.